The number of nitrogens with one attached hydrogen (secondary N) is 1. The Morgan fingerprint density at radius 3 is 2.81 bits per heavy atom. The van der Waals surface area contributed by atoms with Gasteiger partial charge in [0.2, 0.25) is 0 Å². The number of ether oxygens (including phenoxy) is 2. The Morgan fingerprint density at radius 1 is 1.27 bits per heavy atom. The van der Waals surface area contributed by atoms with E-state index in [2.05, 4.69) is 46.4 Å². The van der Waals surface area contributed by atoms with Crippen molar-refractivity contribution in [1.82, 2.24) is 10.2 Å². The number of aryl methyl sites for hydroxylation is 1. The lowest BCUT2D eigenvalue weighted by atomic mass is 10.1. The van der Waals surface area contributed by atoms with Crippen molar-refractivity contribution in [2.24, 2.45) is 4.99 Å². The Balaban J connectivity index is 1.39. The van der Waals surface area contributed by atoms with E-state index in [-0.39, 0.29) is 0 Å². The fraction of sp³-hybridized carbons (Fsp3) is 0.667. The Labute approximate surface area is 157 Å². The highest BCUT2D eigenvalue weighted by Crippen LogP contribution is 2.18. The third kappa shape index (κ3) is 5.71. The Bertz CT molecular complexity index is 576. The molecule has 2 fully saturated rings. The van der Waals surface area contributed by atoms with E-state index in [1.165, 1.54) is 24.0 Å². The van der Waals surface area contributed by atoms with Crippen LogP contribution in [0.4, 0.5) is 0 Å². The van der Waals surface area contributed by atoms with Crippen molar-refractivity contribution >= 4 is 5.96 Å². The Kier molecular flexibility index (Phi) is 7.32. The predicted octanol–water partition coefficient (Wildman–Crippen LogP) is 3.12. The maximum atomic E-state index is 6.11. The summed E-state index contributed by atoms with van der Waals surface area (Å²) < 4.78 is 11.9. The number of nitrogens with zero attached hydrogens (tertiary/aromatic N) is 2. The van der Waals surface area contributed by atoms with E-state index >= 15 is 0 Å². The van der Waals surface area contributed by atoms with Crippen molar-refractivity contribution in [3.8, 4) is 0 Å². The van der Waals surface area contributed by atoms with E-state index in [4.69, 9.17) is 9.47 Å². The van der Waals surface area contributed by atoms with Gasteiger partial charge in [0.1, 0.15) is 0 Å². The predicted molar refractivity (Wildman–Crippen MR) is 106 cm³/mol. The zero-order valence-electron chi connectivity index (χ0n) is 16.2. The second kappa shape index (κ2) is 9.93. The van der Waals surface area contributed by atoms with E-state index < -0.39 is 0 Å². The van der Waals surface area contributed by atoms with Gasteiger partial charge in [0, 0.05) is 33.3 Å². The summed E-state index contributed by atoms with van der Waals surface area (Å²) in [5.74, 6) is 0.987. The maximum Gasteiger partial charge on any atom is 0.193 e. The summed E-state index contributed by atoms with van der Waals surface area (Å²) >= 11 is 0. The molecule has 1 N–H and O–H groups in total. The number of piperidine rings is 1. The molecule has 26 heavy (non-hydrogen) atoms. The van der Waals surface area contributed by atoms with Gasteiger partial charge in [-0.05, 0) is 44.6 Å². The minimum Gasteiger partial charge on any atom is -0.376 e. The lowest BCUT2D eigenvalue weighted by Gasteiger charge is -2.35. The van der Waals surface area contributed by atoms with Crippen LogP contribution in [0, 0.1) is 6.92 Å². The molecule has 1 aromatic carbocycles. The second-order valence-corrected chi connectivity index (χ2v) is 7.40. The fourth-order valence-corrected chi connectivity index (χ4v) is 3.75. The van der Waals surface area contributed by atoms with Crippen molar-refractivity contribution in [2.75, 3.05) is 33.4 Å². The minimum atomic E-state index is 0.311. The lowest BCUT2D eigenvalue weighted by Crippen LogP contribution is -2.47. The summed E-state index contributed by atoms with van der Waals surface area (Å²) in [7, 11) is 1.86. The second-order valence-electron chi connectivity index (χ2n) is 7.40. The summed E-state index contributed by atoms with van der Waals surface area (Å²) in [6.45, 7) is 6.57. The summed E-state index contributed by atoms with van der Waals surface area (Å²) in [5.41, 5.74) is 2.58. The summed E-state index contributed by atoms with van der Waals surface area (Å²) in [6.07, 6.45) is 6.39. The van der Waals surface area contributed by atoms with Crippen molar-refractivity contribution in [3.05, 3.63) is 35.4 Å². The molecule has 2 aliphatic heterocycles. The summed E-state index contributed by atoms with van der Waals surface area (Å²) in [5, 5.41) is 3.50. The van der Waals surface area contributed by atoms with Gasteiger partial charge in [0.05, 0.1) is 18.8 Å². The quantitative estimate of drug-likeness (QED) is 0.648. The molecule has 2 heterocycles. The van der Waals surface area contributed by atoms with Crippen LogP contribution in [-0.2, 0) is 16.0 Å². The summed E-state index contributed by atoms with van der Waals surface area (Å²) in [4.78, 5) is 6.80. The van der Waals surface area contributed by atoms with Crippen LogP contribution in [0.2, 0.25) is 0 Å². The molecule has 144 valence electrons. The van der Waals surface area contributed by atoms with Gasteiger partial charge >= 0.3 is 0 Å². The van der Waals surface area contributed by atoms with Gasteiger partial charge in [0.25, 0.3) is 0 Å². The van der Waals surface area contributed by atoms with Gasteiger partial charge in [-0.3, -0.25) is 4.99 Å². The molecule has 3 rings (SSSR count). The monoisotopic (exact) mass is 359 g/mol. The minimum absolute atomic E-state index is 0.311. The molecule has 0 spiro atoms. The number of hydrogen-bond acceptors (Lipinski definition) is 3. The molecular formula is C21H33N3O2. The Hall–Kier alpha value is -1.59. The third-order valence-corrected chi connectivity index (χ3v) is 5.28. The number of guanidine groups is 1. The molecule has 1 aromatic rings. The van der Waals surface area contributed by atoms with E-state index in [1.807, 2.05) is 7.05 Å². The average molecular weight is 360 g/mol. The van der Waals surface area contributed by atoms with E-state index in [0.29, 0.717) is 12.2 Å². The zero-order valence-corrected chi connectivity index (χ0v) is 16.2. The first-order chi connectivity index (χ1) is 12.7. The van der Waals surface area contributed by atoms with Crippen LogP contribution in [0.5, 0.6) is 0 Å². The van der Waals surface area contributed by atoms with Crippen molar-refractivity contribution in [1.29, 1.82) is 0 Å². The van der Waals surface area contributed by atoms with Crippen molar-refractivity contribution in [2.45, 2.75) is 57.8 Å². The molecule has 5 heteroatoms. The van der Waals surface area contributed by atoms with Crippen molar-refractivity contribution < 1.29 is 9.47 Å². The van der Waals surface area contributed by atoms with Gasteiger partial charge in [-0.1, -0.05) is 29.8 Å². The number of hydrogen-bond donors (Lipinski definition) is 1. The molecule has 2 saturated heterocycles. The number of aliphatic imine (C=N–C) groups is 1. The number of benzene rings is 1. The third-order valence-electron chi connectivity index (χ3n) is 5.28. The first-order valence-electron chi connectivity index (χ1n) is 9.99. The van der Waals surface area contributed by atoms with Gasteiger partial charge in [-0.15, -0.1) is 0 Å². The number of rotatable bonds is 5. The topological polar surface area (TPSA) is 46.1 Å². The van der Waals surface area contributed by atoms with Gasteiger partial charge in [-0.2, -0.15) is 0 Å². The standard InChI is InChI=1S/C21H33N3O2/c1-17-6-5-7-18(14-17)15-23-21(22-2)24-11-9-19(10-12-24)26-16-20-8-3-4-13-25-20/h5-7,14,19-20H,3-4,8-13,15-16H2,1-2H3,(H,22,23). The van der Waals surface area contributed by atoms with Crippen LogP contribution >= 0.6 is 0 Å². The SMILES string of the molecule is CN=C(NCc1cccc(C)c1)N1CCC(OCC2CCCCO2)CC1. The van der Waals surface area contributed by atoms with Crippen LogP contribution in [0.25, 0.3) is 0 Å². The van der Waals surface area contributed by atoms with Gasteiger partial charge in [0.15, 0.2) is 5.96 Å². The molecular weight excluding hydrogens is 326 g/mol. The van der Waals surface area contributed by atoms with Crippen LogP contribution < -0.4 is 5.32 Å². The van der Waals surface area contributed by atoms with Crippen LogP contribution in [0.3, 0.4) is 0 Å². The highest BCUT2D eigenvalue weighted by Gasteiger charge is 2.23. The highest BCUT2D eigenvalue weighted by molar-refractivity contribution is 5.79. The van der Waals surface area contributed by atoms with E-state index in [9.17, 15) is 0 Å². The van der Waals surface area contributed by atoms with Crippen LogP contribution in [0.1, 0.15) is 43.2 Å². The molecule has 5 nitrogen and oxygen atoms in total. The zero-order chi connectivity index (χ0) is 18.2. The lowest BCUT2D eigenvalue weighted by molar-refractivity contribution is -0.0721. The maximum absolute atomic E-state index is 6.11. The Morgan fingerprint density at radius 2 is 2.12 bits per heavy atom. The largest absolute Gasteiger partial charge is 0.376 e. The normalized spacial score (nSPS) is 22.5. The molecule has 0 aromatic heterocycles. The van der Waals surface area contributed by atoms with E-state index in [1.54, 1.807) is 0 Å². The van der Waals surface area contributed by atoms with Crippen LogP contribution in [0.15, 0.2) is 29.3 Å². The van der Waals surface area contributed by atoms with E-state index in [0.717, 1.165) is 58.1 Å². The van der Waals surface area contributed by atoms with Gasteiger partial charge in [-0.25, -0.2) is 0 Å². The first-order valence-corrected chi connectivity index (χ1v) is 9.99. The fourth-order valence-electron chi connectivity index (χ4n) is 3.75. The smallest absolute Gasteiger partial charge is 0.193 e. The average Bonchev–Trinajstić information content (AvgIpc) is 2.69. The van der Waals surface area contributed by atoms with Gasteiger partial charge < -0.3 is 19.7 Å². The molecule has 0 radical (unpaired) electrons. The number of likely N-dealkylation sites (tertiary alicyclic amines) is 1. The molecule has 1 unspecified atom stereocenters. The molecule has 0 aliphatic carbocycles. The van der Waals surface area contributed by atoms with Crippen molar-refractivity contribution in [3.63, 3.8) is 0 Å². The summed E-state index contributed by atoms with van der Waals surface area (Å²) in [6, 6.07) is 8.60. The molecule has 2 aliphatic rings. The van der Waals surface area contributed by atoms with Crippen LogP contribution in [-0.4, -0.2) is 56.4 Å². The molecule has 1 atom stereocenters. The molecule has 0 amide bonds. The molecule has 0 bridgehead atoms. The molecule has 0 saturated carbocycles. The highest BCUT2D eigenvalue weighted by atomic mass is 16.5. The first kappa shape index (κ1) is 19.2.